The number of ether oxygens (including phenoxy) is 6. The minimum atomic E-state index is -2.22. The number of esters is 2. The molecule has 4 heterocycles. The lowest BCUT2D eigenvalue weighted by molar-refractivity contribution is -0.202. The highest BCUT2D eigenvalue weighted by Crippen LogP contribution is 2.42. The maximum atomic E-state index is 13.1. The van der Waals surface area contributed by atoms with Gasteiger partial charge in [0.25, 0.3) is 5.78 Å². The molecule has 0 spiro atoms. The average molecular weight is 412 g/mol. The smallest absolute Gasteiger partial charge is 0.338 e. The van der Waals surface area contributed by atoms with E-state index in [0.717, 1.165) is 0 Å². The van der Waals surface area contributed by atoms with E-state index < -0.39 is 71.5 Å². The SMILES string of the molecule is CCOC(=O)[C@H]([C@H]1CC(=O)[C@@H]2OC[C@H]1O2)[C@]1(C)OC(=O)[C@H]2CO[C@H](O2)C(=O)C1=O. The Morgan fingerprint density at radius 3 is 2.59 bits per heavy atom. The summed E-state index contributed by atoms with van der Waals surface area (Å²) >= 11 is 0. The molecule has 0 aromatic carbocycles. The van der Waals surface area contributed by atoms with Gasteiger partial charge in [-0.15, -0.1) is 0 Å². The standard InChI is InChI=1S/C18H20O11/c1-3-24-15(23)11(7-4-8(19)16-25-5-9(7)27-16)18(2)13(21)12(20)17-26-6-10(28-17)14(22)29-18/h7,9-11,16-17H,3-6H2,1-2H3/t7-,9+,10+,11-,16+,17+,18-/m0/s1. The van der Waals surface area contributed by atoms with Gasteiger partial charge in [-0.3, -0.25) is 19.2 Å². The van der Waals surface area contributed by atoms with E-state index in [-0.39, 0.29) is 26.2 Å². The van der Waals surface area contributed by atoms with Gasteiger partial charge in [0.1, 0.15) is 5.92 Å². The maximum absolute atomic E-state index is 13.1. The molecule has 0 unspecified atom stereocenters. The third kappa shape index (κ3) is 3.18. The monoisotopic (exact) mass is 412 g/mol. The van der Waals surface area contributed by atoms with Gasteiger partial charge in [-0.2, -0.15) is 0 Å². The van der Waals surface area contributed by atoms with Crippen LogP contribution in [0, 0.1) is 11.8 Å². The highest BCUT2D eigenvalue weighted by Gasteiger charge is 2.62. The second kappa shape index (κ2) is 7.24. The topological polar surface area (TPSA) is 141 Å². The van der Waals surface area contributed by atoms with Crippen molar-refractivity contribution in [1.82, 2.24) is 0 Å². The van der Waals surface area contributed by atoms with Gasteiger partial charge in [0, 0.05) is 12.3 Å². The molecule has 4 rings (SSSR count). The Hall–Kier alpha value is -2.21. The van der Waals surface area contributed by atoms with Gasteiger partial charge in [-0.05, 0) is 13.8 Å². The van der Waals surface area contributed by atoms with Crippen LogP contribution in [0.5, 0.6) is 0 Å². The van der Waals surface area contributed by atoms with Crippen molar-refractivity contribution in [3.63, 3.8) is 0 Å². The van der Waals surface area contributed by atoms with Crippen molar-refractivity contribution in [1.29, 1.82) is 0 Å². The van der Waals surface area contributed by atoms with Crippen LogP contribution in [0.3, 0.4) is 0 Å². The summed E-state index contributed by atoms with van der Waals surface area (Å²) in [6, 6.07) is 0. The normalized spacial score (nSPS) is 40.3. The lowest BCUT2D eigenvalue weighted by Gasteiger charge is -2.41. The van der Waals surface area contributed by atoms with Crippen molar-refractivity contribution in [3.8, 4) is 0 Å². The summed E-state index contributed by atoms with van der Waals surface area (Å²) in [6.07, 6.45) is -4.65. The average Bonchev–Trinajstić information content (AvgIpc) is 3.33. The zero-order valence-electron chi connectivity index (χ0n) is 15.8. The summed E-state index contributed by atoms with van der Waals surface area (Å²) in [7, 11) is 0. The molecular formula is C18H20O11. The van der Waals surface area contributed by atoms with Gasteiger partial charge in [0.15, 0.2) is 17.5 Å². The van der Waals surface area contributed by atoms with Crippen LogP contribution in [0.1, 0.15) is 20.3 Å². The summed E-state index contributed by atoms with van der Waals surface area (Å²) in [6.45, 7) is 2.47. The van der Waals surface area contributed by atoms with E-state index in [1.807, 2.05) is 0 Å². The Labute approximate surface area is 164 Å². The molecule has 11 heteroatoms. The Morgan fingerprint density at radius 1 is 1.14 bits per heavy atom. The second-order valence-corrected chi connectivity index (χ2v) is 7.42. The fraction of sp³-hybridized carbons (Fsp3) is 0.722. The summed E-state index contributed by atoms with van der Waals surface area (Å²) in [5.74, 6) is -6.86. The van der Waals surface area contributed by atoms with Crippen molar-refractivity contribution in [2.45, 2.75) is 50.7 Å². The molecule has 0 amide bonds. The zero-order chi connectivity index (χ0) is 20.9. The van der Waals surface area contributed by atoms with E-state index in [1.165, 1.54) is 6.92 Å². The van der Waals surface area contributed by atoms with Crippen molar-refractivity contribution >= 4 is 29.3 Å². The molecule has 4 aliphatic rings. The van der Waals surface area contributed by atoms with Crippen LogP contribution in [0.15, 0.2) is 0 Å². The summed E-state index contributed by atoms with van der Waals surface area (Å²) in [5.41, 5.74) is -2.22. The van der Waals surface area contributed by atoms with E-state index in [1.54, 1.807) is 6.92 Å². The number of ketones is 3. The molecule has 7 atom stereocenters. The maximum Gasteiger partial charge on any atom is 0.338 e. The summed E-state index contributed by atoms with van der Waals surface area (Å²) in [4.78, 5) is 63.4. The number of fused-ring (bicyclic) bond motifs is 4. The van der Waals surface area contributed by atoms with E-state index >= 15 is 0 Å². The number of Topliss-reactive ketones (excluding diaryl/α,β-unsaturated/α-hetero) is 3. The first kappa shape index (κ1) is 20.1. The molecule has 0 saturated carbocycles. The molecule has 4 saturated heterocycles. The van der Waals surface area contributed by atoms with Crippen LogP contribution in [-0.2, 0) is 52.4 Å². The number of carbonyl (C=O) groups is 5. The number of hydrogen-bond donors (Lipinski definition) is 0. The van der Waals surface area contributed by atoms with Crippen molar-refractivity contribution in [2.75, 3.05) is 19.8 Å². The van der Waals surface area contributed by atoms with E-state index in [0.29, 0.717) is 0 Å². The molecule has 0 aromatic rings. The molecule has 0 N–H and O–H groups in total. The van der Waals surface area contributed by atoms with Crippen molar-refractivity contribution in [3.05, 3.63) is 0 Å². The molecule has 11 nitrogen and oxygen atoms in total. The molecule has 4 bridgehead atoms. The fourth-order valence-corrected chi connectivity index (χ4v) is 4.19. The zero-order valence-corrected chi connectivity index (χ0v) is 15.8. The second-order valence-electron chi connectivity index (χ2n) is 7.42. The van der Waals surface area contributed by atoms with Gasteiger partial charge in [0.2, 0.25) is 18.4 Å². The van der Waals surface area contributed by atoms with Gasteiger partial charge >= 0.3 is 11.9 Å². The van der Waals surface area contributed by atoms with E-state index in [2.05, 4.69) is 0 Å². The third-order valence-electron chi connectivity index (χ3n) is 5.60. The van der Waals surface area contributed by atoms with Gasteiger partial charge in [-0.25, -0.2) is 4.79 Å². The largest absolute Gasteiger partial charge is 0.466 e. The number of hydrogen-bond acceptors (Lipinski definition) is 11. The van der Waals surface area contributed by atoms with Crippen molar-refractivity contribution in [2.24, 2.45) is 11.8 Å². The highest BCUT2D eigenvalue weighted by atomic mass is 16.7. The minimum Gasteiger partial charge on any atom is -0.466 e. The lowest BCUT2D eigenvalue weighted by Crippen LogP contribution is -2.61. The molecule has 0 aliphatic carbocycles. The van der Waals surface area contributed by atoms with E-state index in [9.17, 15) is 24.0 Å². The third-order valence-corrected chi connectivity index (χ3v) is 5.60. The Kier molecular flexibility index (Phi) is 5.01. The Morgan fingerprint density at radius 2 is 1.86 bits per heavy atom. The lowest BCUT2D eigenvalue weighted by atomic mass is 9.71. The van der Waals surface area contributed by atoms with Gasteiger partial charge < -0.3 is 28.4 Å². The van der Waals surface area contributed by atoms with Gasteiger partial charge in [0.05, 0.1) is 25.9 Å². The first-order valence-electron chi connectivity index (χ1n) is 9.31. The highest BCUT2D eigenvalue weighted by molar-refractivity contribution is 6.42. The van der Waals surface area contributed by atoms with Crippen LogP contribution in [0.2, 0.25) is 0 Å². The molecule has 158 valence electrons. The first-order chi connectivity index (χ1) is 13.8. The predicted octanol–water partition coefficient (Wildman–Crippen LogP) is -1.31. The molecule has 0 aromatic heterocycles. The molecular weight excluding hydrogens is 392 g/mol. The number of cyclic esters (lactones) is 1. The molecule has 29 heavy (non-hydrogen) atoms. The minimum absolute atomic E-state index is 0.0145. The quantitative estimate of drug-likeness (QED) is 0.401. The Bertz CT molecular complexity index is 776. The Balaban J connectivity index is 1.76. The number of rotatable bonds is 4. The van der Waals surface area contributed by atoms with Crippen LogP contribution in [-0.4, -0.2) is 79.5 Å². The molecule has 0 radical (unpaired) electrons. The molecule has 4 aliphatic heterocycles. The summed E-state index contributed by atoms with van der Waals surface area (Å²) in [5, 5.41) is 0. The molecule has 4 fully saturated rings. The van der Waals surface area contributed by atoms with Crippen LogP contribution in [0.25, 0.3) is 0 Å². The van der Waals surface area contributed by atoms with Crippen LogP contribution < -0.4 is 0 Å². The first-order valence-corrected chi connectivity index (χ1v) is 9.31. The van der Waals surface area contributed by atoms with Crippen LogP contribution >= 0.6 is 0 Å². The van der Waals surface area contributed by atoms with E-state index in [4.69, 9.17) is 28.4 Å². The van der Waals surface area contributed by atoms with Crippen molar-refractivity contribution < 1.29 is 52.4 Å². The fourth-order valence-electron chi connectivity index (χ4n) is 4.19. The van der Waals surface area contributed by atoms with Gasteiger partial charge in [-0.1, -0.05) is 0 Å². The summed E-state index contributed by atoms with van der Waals surface area (Å²) < 4.78 is 31.5. The van der Waals surface area contributed by atoms with Crippen LogP contribution in [0.4, 0.5) is 0 Å². The predicted molar refractivity (Wildman–Crippen MR) is 87.0 cm³/mol. The number of carbonyl (C=O) groups excluding carboxylic acids is 5.